The van der Waals surface area contributed by atoms with Gasteiger partial charge in [-0.3, -0.25) is 4.99 Å². The van der Waals surface area contributed by atoms with E-state index in [1.807, 2.05) is 48.5 Å². The molecule has 0 bridgehead atoms. The molecule has 6 heteroatoms. The standard InChI is InChI=1S/C16H10BrIN2O2/c17-11-7-5-10(6-8-11)15-20-14(16(21)22-15)9-19-13-4-2-1-3-12(13)18/h1-9,21H. The SMILES string of the molecule is Oc1oc(-c2ccc(Br)cc2)nc1C=Nc1ccccc1I. The van der Waals surface area contributed by atoms with E-state index in [-0.39, 0.29) is 5.95 Å². The van der Waals surface area contributed by atoms with Crippen LogP contribution in [0.25, 0.3) is 11.5 Å². The van der Waals surface area contributed by atoms with E-state index in [1.54, 1.807) is 0 Å². The first-order valence-corrected chi connectivity index (χ1v) is 8.25. The molecule has 0 aliphatic rings. The number of aromatic hydroxyl groups is 1. The molecular formula is C16H10BrIN2O2. The summed E-state index contributed by atoms with van der Waals surface area (Å²) in [7, 11) is 0. The van der Waals surface area contributed by atoms with Crippen molar-refractivity contribution < 1.29 is 9.52 Å². The highest BCUT2D eigenvalue weighted by Gasteiger charge is 2.12. The number of oxazole rings is 1. The zero-order valence-corrected chi connectivity index (χ0v) is 14.9. The van der Waals surface area contributed by atoms with E-state index in [1.165, 1.54) is 6.21 Å². The Bertz CT molecular complexity index is 828. The van der Waals surface area contributed by atoms with Gasteiger partial charge < -0.3 is 9.52 Å². The van der Waals surface area contributed by atoms with Crippen molar-refractivity contribution in [1.82, 2.24) is 4.98 Å². The maximum atomic E-state index is 9.86. The van der Waals surface area contributed by atoms with Gasteiger partial charge in [-0.1, -0.05) is 28.1 Å². The van der Waals surface area contributed by atoms with E-state index < -0.39 is 0 Å². The Morgan fingerprint density at radius 2 is 1.86 bits per heavy atom. The van der Waals surface area contributed by atoms with Crippen LogP contribution in [0, 0.1) is 3.57 Å². The second kappa shape index (κ2) is 6.62. The lowest BCUT2D eigenvalue weighted by Crippen LogP contribution is -1.83. The summed E-state index contributed by atoms with van der Waals surface area (Å²) in [6.07, 6.45) is 1.50. The number of aliphatic imine (C=N–C) groups is 1. The van der Waals surface area contributed by atoms with E-state index in [0.29, 0.717) is 11.6 Å². The molecule has 3 rings (SSSR count). The quantitative estimate of drug-likeness (QED) is 0.426. The van der Waals surface area contributed by atoms with Crippen LogP contribution in [-0.4, -0.2) is 16.3 Å². The molecule has 110 valence electrons. The Kier molecular flexibility index (Phi) is 4.58. The average Bonchev–Trinajstić information content (AvgIpc) is 2.88. The lowest BCUT2D eigenvalue weighted by Gasteiger charge is -1.95. The normalized spacial score (nSPS) is 11.2. The molecule has 0 fully saturated rings. The van der Waals surface area contributed by atoms with Crippen LogP contribution in [-0.2, 0) is 0 Å². The summed E-state index contributed by atoms with van der Waals surface area (Å²) in [6, 6.07) is 15.2. The number of hydrogen-bond donors (Lipinski definition) is 1. The van der Waals surface area contributed by atoms with Crippen molar-refractivity contribution in [2.45, 2.75) is 0 Å². The number of benzene rings is 2. The molecular weight excluding hydrogens is 459 g/mol. The van der Waals surface area contributed by atoms with Crippen LogP contribution in [0.4, 0.5) is 5.69 Å². The van der Waals surface area contributed by atoms with E-state index in [0.717, 1.165) is 19.3 Å². The highest BCUT2D eigenvalue weighted by molar-refractivity contribution is 14.1. The molecule has 0 aliphatic carbocycles. The third-order valence-electron chi connectivity index (χ3n) is 2.90. The molecule has 2 aromatic carbocycles. The fourth-order valence-electron chi connectivity index (χ4n) is 1.81. The highest BCUT2D eigenvalue weighted by atomic mass is 127. The molecule has 0 atom stereocenters. The Balaban J connectivity index is 1.90. The minimum Gasteiger partial charge on any atom is -0.479 e. The molecule has 0 radical (unpaired) electrons. The van der Waals surface area contributed by atoms with E-state index >= 15 is 0 Å². The number of halogens is 2. The van der Waals surface area contributed by atoms with Crippen LogP contribution in [0.3, 0.4) is 0 Å². The Morgan fingerprint density at radius 3 is 2.59 bits per heavy atom. The van der Waals surface area contributed by atoms with E-state index in [2.05, 4.69) is 48.5 Å². The van der Waals surface area contributed by atoms with Crippen molar-refractivity contribution in [1.29, 1.82) is 0 Å². The van der Waals surface area contributed by atoms with E-state index in [9.17, 15) is 5.11 Å². The molecule has 0 aliphatic heterocycles. The first-order chi connectivity index (χ1) is 10.6. The van der Waals surface area contributed by atoms with Crippen molar-refractivity contribution in [3.63, 3.8) is 0 Å². The number of para-hydroxylation sites is 1. The molecule has 1 aromatic heterocycles. The summed E-state index contributed by atoms with van der Waals surface area (Å²) in [4.78, 5) is 8.61. The van der Waals surface area contributed by atoms with Crippen molar-refractivity contribution >= 4 is 50.4 Å². The number of rotatable bonds is 3. The zero-order valence-electron chi connectivity index (χ0n) is 11.2. The lowest BCUT2D eigenvalue weighted by atomic mass is 10.2. The smallest absolute Gasteiger partial charge is 0.312 e. The van der Waals surface area contributed by atoms with Crippen LogP contribution in [0.1, 0.15) is 5.69 Å². The third-order valence-corrected chi connectivity index (χ3v) is 4.34. The first kappa shape index (κ1) is 15.2. The van der Waals surface area contributed by atoms with Crippen LogP contribution in [0.2, 0.25) is 0 Å². The van der Waals surface area contributed by atoms with Gasteiger partial charge >= 0.3 is 5.95 Å². The summed E-state index contributed by atoms with van der Waals surface area (Å²) in [5, 5.41) is 9.86. The first-order valence-electron chi connectivity index (χ1n) is 6.38. The lowest BCUT2D eigenvalue weighted by molar-refractivity contribution is 0.337. The fraction of sp³-hybridized carbons (Fsp3) is 0. The van der Waals surface area contributed by atoms with Gasteiger partial charge in [0.15, 0.2) is 5.69 Å². The molecule has 0 saturated heterocycles. The van der Waals surface area contributed by atoms with Crippen LogP contribution >= 0.6 is 38.5 Å². The van der Waals surface area contributed by atoms with Gasteiger partial charge in [0.05, 0.1) is 11.9 Å². The summed E-state index contributed by atoms with van der Waals surface area (Å²) in [5.41, 5.74) is 1.90. The van der Waals surface area contributed by atoms with Crippen molar-refractivity contribution in [2.24, 2.45) is 4.99 Å². The van der Waals surface area contributed by atoms with Gasteiger partial charge in [-0.25, -0.2) is 4.98 Å². The monoisotopic (exact) mass is 468 g/mol. The number of aromatic nitrogens is 1. The van der Waals surface area contributed by atoms with Gasteiger partial charge in [0.1, 0.15) is 0 Å². The molecule has 0 unspecified atom stereocenters. The third kappa shape index (κ3) is 3.38. The second-order valence-corrected chi connectivity index (χ2v) is 6.50. The van der Waals surface area contributed by atoms with Gasteiger partial charge in [-0.2, -0.15) is 0 Å². The zero-order chi connectivity index (χ0) is 15.5. The molecule has 0 saturated carbocycles. The van der Waals surface area contributed by atoms with E-state index in [4.69, 9.17) is 4.42 Å². The van der Waals surface area contributed by atoms with Gasteiger partial charge in [0.25, 0.3) is 0 Å². The minimum atomic E-state index is -0.243. The molecule has 3 aromatic rings. The summed E-state index contributed by atoms with van der Waals surface area (Å²) >= 11 is 5.58. The van der Waals surface area contributed by atoms with Crippen molar-refractivity contribution in [3.8, 4) is 17.4 Å². The molecule has 0 amide bonds. The Labute approximate surface area is 149 Å². The maximum absolute atomic E-state index is 9.86. The average molecular weight is 469 g/mol. The predicted molar refractivity (Wildman–Crippen MR) is 97.7 cm³/mol. The largest absolute Gasteiger partial charge is 0.479 e. The summed E-state index contributed by atoms with van der Waals surface area (Å²) < 4.78 is 7.28. The van der Waals surface area contributed by atoms with Gasteiger partial charge in [0, 0.05) is 13.6 Å². The van der Waals surface area contributed by atoms with Gasteiger partial charge in [0.2, 0.25) is 5.89 Å². The van der Waals surface area contributed by atoms with Crippen LogP contribution < -0.4 is 0 Å². The van der Waals surface area contributed by atoms with Crippen LogP contribution in [0.5, 0.6) is 5.95 Å². The molecule has 1 heterocycles. The topological polar surface area (TPSA) is 58.6 Å². The molecule has 4 nitrogen and oxygen atoms in total. The summed E-state index contributed by atoms with van der Waals surface area (Å²) in [5.74, 6) is 0.113. The van der Waals surface area contributed by atoms with Crippen molar-refractivity contribution in [2.75, 3.05) is 0 Å². The number of hydrogen-bond acceptors (Lipinski definition) is 4. The maximum Gasteiger partial charge on any atom is 0.312 e. The van der Waals surface area contributed by atoms with Gasteiger partial charge in [-0.05, 0) is 59.0 Å². The van der Waals surface area contributed by atoms with Gasteiger partial charge in [-0.15, -0.1) is 0 Å². The molecule has 22 heavy (non-hydrogen) atoms. The minimum absolute atomic E-state index is 0.243. The number of nitrogens with zero attached hydrogens (tertiary/aromatic N) is 2. The summed E-state index contributed by atoms with van der Waals surface area (Å²) in [6.45, 7) is 0. The Hall–Kier alpha value is -1.67. The predicted octanol–water partition coefficient (Wildman–Crippen LogP) is 5.16. The van der Waals surface area contributed by atoms with Crippen LogP contribution in [0.15, 0.2) is 62.4 Å². The van der Waals surface area contributed by atoms with Crippen molar-refractivity contribution in [3.05, 3.63) is 62.3 Å². The molecule has 0 spiro atoms. The molecule has 1 N–H and O–H groups in total. The second-order valence-electron chi connectivity index (χ2n) is 4.43. The fourth-order valence-corrected chi connectivity index (χ4v) is 2.60. The highest BCUT2D eigenvalue weighted by Crippen LogP contribution is 2.27. The Morgan fingerprint density at radius 1 is 1.14 bits per heavy atom.